The molecule has 1 atom stereocenters. The Morgan fingerprint density at radius 3 is 2.12 bits per heavy atom. The lowest BCUT2D eigenvalue weighted by molar-refractivity contribution is 0.148. The van der Waals surface area contributed by atoms with Crippen molar-refractivity contribution in [1.29, 1.82) is 0 Å². The molecule has 3 aromatic rings. The average Bonchev–Trinajstić information content (AvgIpc) is 3.01. The molecule has 1 heterocycles. The Hall–Kier alpha value is -3.64. The maximum absolute atomic E-state index is 13.3. The minimum absolute atomic E-state index is 0.194. The number of carbonyl (C=O) groups is 1. The molecule has 0 aliphatic carbocycles. The molecule has 3 aromatic carbocycles. The summed E-state index contributed by atoms with van der Waals surface area (Å²) in [4.78, 5) is 15.8. The fourth-order valence-electron chi connectivity index (χ4n) is 5.49. The second-order valence-electron chi connectivity index (χ2n) is 11.3. The Morgan fingerprint density at radius 1 is 0.952 bits per heavy atom. The second-order valence-corrected chi connectivity index (χ2v) is 13.4. The highest BCUT2D eigenvalue weighted by Gasteiger charge is 2.33. The molecule has 0 aromatic heterocycles. The monoisotopic (exact) mass is 587 g/mol. The van der Waals surface area contributed by atoms with E-state index in [0.29, 0.717) is 18.0 Å². The maximum Gasteiger partial charge on any atom is 0.408 e. The predicted molar refractivity (Wildman–Crippen MR) is 166 cm³/mol. The number of amides is 1. The molecule has 0 bridgehead atoms. The number of piperidine rings is 1. The van der Waals surface area contributed by atoms with E-state index in [-0.39, 0.29) is 17.9 Å². The summed E-state index contributed by atoms with van der Waals surface area (Å²) < 4.78 is 28.1. The highest BCUT2D eigenvalue weighted by Crippen LogP contribution is 2.31. The molecule has 42 heavy (non-hydrogen) atoms. The third-order valence-electron chi connectivity index (χ3n) is 8.12. The summed E-state index contributed by atoms with van der Waals surface area (Å²) in [7, 11) is -1.94. The molecule has 1 fully saturated rings. The lowest BCUT2D eigenvalue weighted by Crippen LogP contribution is -2.43. The summed E-state index contributed by atoms with van der Waals surface area (Å²) in [6.07, 6.45) is 1.72. The largest absolute Gasteiger partial charge is 0.465 e. The summed E-state index contributed by atoms with van der Waals surface area (Å²) in [6, 6.07) is 28.3. The first-order valence-electron chi connectivity index (χ1n) is 14.5. The number of likely N-dealkylation sites (tertiary alicyclic amines) is 1. The van der Waals surface area contributed by atoms with Crippen LogP contribution in [0.5, 0.6) is 0 Å². The van der Waals surface area contributed by atoms with Crippen molar-refractivity contribution in [2.45, 2.75) is 43.0 Å². The number of carboxylic acid groups (broad SMARTS) is 1. The Kier molecular flexibility index (Phi) is 10.8. The van der Waals surface area contributed by atoms with Crippen LogP contribution >= 0.6 is 0 Å². The molecule has 1 amide bonds. The van der Waals surface area contributed by atoms with Gasteiger partial charge in [-0.2, -0.15) is 0 Å². The van der Waals surface area contributed by atoms with Crippen LogP contribution in [0.4, 0.5) is 4.79 Å². The van der Waals surface area contributed by atoms with Gasteiger partial charge in [-0.25, -0.2) is 17.5 Å². The van der Waals surface area contributed by atoms with Crippen LogP contribution in [0.25, 0.3) is 0 Å². The van der Waals surface area contributed by atoms with E-state index in [1.54, 1.807) is 31.3 Å². The van der Waals surface area contributed by atoms with Crippen LogP contribution in [0, 0.1) is 17.8 Å². The zero-order chi connectivity index (χ0) is 30.0. The van der Waals surface area contributed by atoms with E-state index in [9.17, 15) is 18.3 Å². The van der Waals surface area contributed by atoms with Crippen molar-refractivity contribution in [3.8, 4) is 11.8 Å². The van der Waals surface area contributed by atoms with Gasteiger partial charge in [0.05, 0.1) is 11.4 Å². The lowest BCUT2D eigenvalue weighted by atomic mass is 9.79. The predicted octanol–water partition coefficient (Wildman–Crippen LogP) is 5.55. The zero-order valence-corrected chi connectivity index (χ0v) is 25.3. The first kappa shape index (κ1) is 31.3. The molecule has 4 rings (SSSR count). The number of rotatable bonds is 11. The van der Waals surface area contributed by atoms with Crippen LogP contribution in [-0.4, -0.2) is 73.5 Å². The quantitative estimate of drug-likeness (QED) is 0.298. The molecule has 7 nitrogen and oxygen atoms in total. The van der Waals surface area contributed by atoms with Crippen LogP contribution in [0.1, 0.15) is 37.3 Å². The summed E-state index contributed by atoms with van der Waals surface area (Å²) in [5.74, 6) is 6.67. The van der Waals surface area contributed by atoms with Gasteiger partial charge < -0.3 is 10.0 Å². The molecule has 0 radical (unpaired) electrons. The first-order chi connectivity index (χ1) is 20.2. The van der Waals surface area contributed by atoms with Crippen molar-refractivity contribution in [2.75, 3.05) is 39.8 Å². The minimum atomic E-state index is -3.60. The Labute approximate surface area is 250 Å². The highest BCUT2D eigenvalue weighted by atomic mass is 32.2. The van der Waals surface area contributed by atoms with Gasteiger partial charge in [-0.15, -0.1) is 0 Å². The molecule has 222 valence electrons. The second kappa shape index (κ2) is 14.5. The average molecular weight is 588 g/mol. The van der Waals surface area contributed by atoms with Gasteiger partial charge in [0.15, 0.2) is 0 Å². The molecule has 1 N–H and O–H groups in total. The van der Waals surface area contributed by atoms with E-state index in [2.05, 4.69) is 35.8 Å². The fraction of sp³-hybridized carbons (Fsp3) is 0.382. The van der Waals surface area contributed by atoms with Crippen LogP contribution in [0.3, 0.4) is 0 Å². The third-order valence-corrected chi connectivity index (χ3v) is 9.94. The van der Waals surface area contributed by atoms with Gasteiger partial charge in [-0.1, -0.05) is 97.6 Å². The Morgan fingerprint density at radius 2 is 1.52 bits per heavy atom. The number of sulfonamides is 1. The van der Waals surface area contributed by atoms with Crippen LogP contribution in [0.15, 0.2) is 95.9 Å². The van der Waals surface area contributed by atoms with E-state index in [1.807, 2.05) is 54.6 Å². The van der Waals surface area contributed by atoms with Gasteiger partial charge in [0, 0.05) is 31.5 Å². The van der Waals surface area contributed by atoms with Gasteiger partial charge in [-0.05, 0) is 62.2 Å². The molecule has 0 saturated carbocycles. The van der Waals surface area contributed by atoms with Crippen molar-refractivity contribution >= 4 is 16.1 Å². The smallest absolute Gasteiger partial charge is 0.408 e. The zero-order valence-electron chi connectivity index (χ0n) is 24.5. The topological polar surface area (TPSA) is 81.2 Å². The first-order valence-corrected chi connectivity index (χ1v) is 15.9. The van der Waals surface area contributed by atoms with E-state index < -0.39 is 16.1 Å². The molecule has 1 aliphatic heterocycles. The van der Waals surface area contributed by atoms with E-state index in [4.69, 9.17) is 0 Å². The summed E-state index contributed by atoms with van der Waals surface area (Å²) in [5.41, 5.74) is 1.70. The van der Waals surface area contributed by atoms with Gasteiger partial charge in [0.25, 0.3) is 0 Å². The van der Waals surface area contributed by atoms with Gasteiger partial charge in [-0.3, -0.25) is 4.90 Å². The van der Waals surface area contributed by atoms with Crippen LogP contribution in [0.2, 0.25) is 0 Å². The molecule has 8 heteroatoms. The lowest BCUT2D eigenvalue weighted by Gasteiger charge is -2.37. The number of hydrogen-bond donors (Lipinski definition) is 1. The van der Waals surface area contributed by atoms with Gasteiger partial charge >= 0.3 is 6.09 Å². The fourth-order valence-corrected chi connectivity index (χ4v) is 6.81. The Balaban J connectivity index is 1.33. The molecular formula is C34H41N3O4S. The molecule has 1 aliphatic rings. The summed E-state index contributed by atoms with van der Waals surface area (Å²) >= 11 is 0. The number of likely N-dealkylation sites (N-methyl/N-ethyl adjacent to an activating group) is 1. The molecular weight excluding hydrogens is 546 g/mol. The van der Waals surface area contributed by atoms with Crippen molar-refractivity contribution in [3.63, 3.8) is 0 Å². The van der Waals surface area contributed by atoms with Gasteiger partial charge in [0.1, 0.15) is 0 Å². The van der Waals surface area contributed by atoms with E-state index in [0.717, 1.165) is 50.0 Å². The maximum atomic E-state index is 13.3. The standard InChI is InChI=1S/C34H41N3O4S/c1-34(31-16-8-4-9-17-31,28-35(2)42(40,41)32-18-10-5-11-19-32)22-26-36-24-20-29(21-25-36)15-12-23-37(33(38)39)27-30-13-6-3-7-14-30/h3-11,13-14,16-19,29H,20-28H2,1-2H3,(H,38,39). The molecule has 0 spiro atoms. The van der Waals surface area contributed by atoms with Crippen molar-refractivity contribution in [3.05, 3.63) is 102 Å². The SMILES string of the molecule is CN(CC(C)(CCN1CCC(C#CCN(Cc2ccccc2)C(=O)O)CC1)c1ccccc1)S(=O)(=O)c1ccccc1. The van der Waals surface area contributed by atoms with Crippen molar-refractivity contribution < 1.29 is 18.3 Å². The van der Waals surface area contributed by atoms with Crippen molar-refractivity contribution in [1.82, 2.24) is 14.1 Å². The third kappa shape index (κ3) is 8.45. The van der Waals surface area contributed by atoms with Gasteiger partial charge in [0.2, 0.25) is 10.0 Å². The summed E-state index contributed by atoms with van der Waals surface area (Å²) in [5, 5.41) is 9.59. The van der Waals surface area contributed by atoms with Crippen LogP contribution in [-0.2, 0) is 22.0 Å². The van der Waals surface area contributed by atoms with E-state index >= 15 is 0 Å². The van der Waals surface area contributed by atoms with Crippen molar-refractivity contribution in [2.24, 2.45) is 5.92 Å². The molecule has 1 saturated heterocycles. The number of hydrogen-bond acceptors (Lipinski definition) is 4. The number of nitrogens with zero attached hydrogens (tertiary/aromatic N) is 3. The van der Waals surface area contributed by atoms with E-state index in [1.165, 1.54) is 9.21 Å². The minimum Gasteiger partial charge on any atom is -0.465 e. The Bertz CT molecular complexity index is 1450. The molecule has 1 unspecified atom stereocenters. The highest BCUT2D eigenvalue weighted by molar-refractivity contribution is 7.89. The van der Waals surface area contributed by atoms with Crippen LogP contribution < -0.4 is 0 Å². The summed E-state index contributed by atoms with van der Waals surface area (Å²) in [6.45, 7) is 5.73. The number of benzene rings is 3. The normalized spacial score (nSPS) is 15.9.